The number of rotatable bonds is 4. The van der Waals surface area contributed by atoms with Crippen LogP contribution in [0.5, 0.6) is 0 Å². The van der Waals surface area contributed by atoms with E-state index in [4.69, 9.17) is 8.85 Å². The maximum absolute atomic E-state index is 5.44. The van der Waals surface area contributed by atoms with Crippen LogP contribution in [0.1, 0.15) is 27.7 Å². The summed E-state index contributed by atoms with van der Waals surface area (Å²) in [6.07, 6.45) is 0.579. The Bertz CT molecular complexity index is 73.7. The van der Waals surface area contributed by atoms with E-state index in [0.717, 1.165) is 0 Å². The summed E-state index contributed by atoms with van der Waals surface area (Å²) in [5.41, 5.74) is 0. The zero-order chi connectivity index (χ0) is 8.15. The van der Waals surface area contributed by atoms with E-state index < -0.39 is 9.28 Å². The summed E-state index contributed by atoms with van der Waals surface area (Å²) in [5, 5.41) is 0. The maximum atomic E-state index is 5.44. The van der Waals surface area contributed by atoms with Crippen molar-refractivity contribution < 1.29 is 8.85 Å². The average molecular weight is 161 g/mol. The molecule has 0 aromatic rings. The summed E-state index contributed by atoms with van der Waals surface area (Å²) in [4.78, 5) is 0. The van der Waals surface area contributed by atoms with Crippen molar-refractivity contribution in [3.05, 3.63) is 0 Å². The van der Waals surface area contributed by atoms with Crippen molar-refractivity contribution in [2.24, 2.45) is 0 Å². The van der Waals surface area contributed by atoms with Crippen molar-refractivity contribution in [3.63, 3.8) is 0 Å². The van der Waals surface area contributed by atoms with Crippen molar-refractivity contribution in [2.45, 2.75) is 46.4 Å². The Kier molecular flexibility index (Phi) is 4.94. The highest BCUT2D eigenvalue weighted by molar-refractivity contribution is 6.42. The van der Waals surface area contributed by atoms with Crippen molar-refractivity contribution in [1.82, 2.24) is 0 Å². The molecule has 0 spiro atoms. The second kappa shape index (κ2) is 4.88. The van der Waals surface area contributed by atoms with Gasteiger partial charge in [-0.05, 0) is 34.2 Å². The largest absolute Gasteiger partial charge is 0.391 e. The second-order valence-corrected chi connectivity index (χ2v) is 4.28. The lowest BCUT2D eigenvalue weighted by atomic mass is 10.5. The number of hydrogen-bond donors (Lipinski definition) is 0. The van der Waals surface area contributed by atoms with Crippen LogP contribution in [0, 0.1) is 0 Å². The molecule has 0 amide bonds. The van der Waals surface area contributed by atoms with E-state index in [2.05, 4.69) is 0 Å². The smallest absolute Gasteiger partial charge is 0.381 e. The first-order valence-electron chi connectivity index (χ1n) is 3.69. The average Bonchev–Trinajstić information content (AvgIpc) is 1.58. The molecule has 0 fully saturated rings. The molecular formula is C7H17O2Si. The van der Waals surface area contributed by atoms with E-state index in [1.165, 1.54) is 0 Å². The van der Waals surface area contributed by atoms with Gasteiger partial charge in [-0.25, -0.2) is 0 Å². The summed E-state index contributed by atoms with van der Waals surface area (Å²) in [6, 6.07) is 0. The zero-order valence-electron chi connectivity index (χ0n) is 7.47. The molecule has 2 nitrogen and oxygen atoms in total. The first kappa shape index (κ1) is 10.1. The molecule has 0 aliphatic heterocycles. The van der Waals surface area contributed by atoms with Crippen LogP contribution >= 0.6 is 0 Å². The molecule has 10 heavy (non-hydrogen) atoms. The van der Waals surface area contributed by atoms with Gasteiger partial charge in [0.05, 0.1) is 0 Å². The molecule has 0 aliphatic rings. The molecule has 0 unspecified atom stereocenters. The van der Waals surface area contributed by atoms with Gasteiger partial charge < -0.3 is 8.85 Å². The first-order chi connectivity index (χ1) is 4.52. The first-order valence-corrected chi connectivity index (χ1v) is 5.51. The zero-order valence-corrected chi connectivity index (χ0v) is 8.47. The van der Waals surface area contributed by atoms with E-state index in [0.29, 0.717) is 0 Å². The van der Waals surface area contributed by atoms with Gasteiger partial charge in [0, 0.05) is 12.2 Å². The summed E-state index contributed by atoms with van der Waals surface area (Å²) >= 11 is 0. The minimum absolute atomic E-state index is 0.289. The molecule has 0 heterocycles. The Labute approximate surface area is 65.4 Å². The Morgan fingerprint density at radius 2 is 1.20 bits per heavy atom. The van der Waals surface area contributed by atoms with Crippen LogP contribution in [-0.4, -0.2) is 21.5 Å². The minimum atomic E-state index is -0.989. The SMILES string of the molecule is CC(C)O[Si](C)OC(C)C. The fourth-order valence-electron chi connectivity index (χ4n) is 0.692. The van der Waals surface area contributed by atoms with Gasteiger partial charge in [-0.1, -0.05) is 0 Å². The molecule has 0 aromatic carbocycles. The molecule has 0 saturated carbocycles. The molecule has 0 bridgehead atoms. The van der Waals surface area contributed by atoms with Gasteiger partial charge in [0.25, 0.3) is 0 Å². The fourth-order valence-corrected chi connectivity index (χ4v) is 2.07. The summed E-state index contributed by atoms with van der Waals surface area (Å²) < 4.78 is 10.9. The minimum Gasteiger partial charge on any atom is -0.391 e. The van der Waals surface area contributed by atoms with Crippen molar-refractivity contribution in [2.75, 3.05) is 0 Å². The molecule has 0 aliphatic carbocycles. The van der Waals surface area contributed by atoms with E-state index in [9.17, 15) is 0 Å². The topological polar surface area (TPSA) is 18.5 Å². The van der Waals surface area contributed by atoms with E-state index in [-0.39, 0.29) is 12.2 Å². The van der Waals surface area contributed by atoms with E-state index in [1.54, 1.807) is 0 Å². The van der Waals surface area contributed by atoms with Gasteiger partial charge in [-0.2, -0.15) is 0 Å². The normalized spacial score (nSPS) is 12.0. The van der Waals surface area contributed by atoms with Gasteiger partial charge >= 0.3 is 9.28 Å². The highest BCUT2D eigenvalue weighted by atomic mass is 28.3. The molecule has 0 N–H and O–H groups in total. The molecule has 0 rings (SSSR count). The van der Waals surface area contributed by atoms with Crippen molar-refractivity contribution in [1.29, 1.82) is 0 Å². The predicted octanol–water partition coefficient (Wildman–Crippen LogP) is 1.95. The van der Waals surface area contributed by atoms with Crippen LogP contribution in [0.3, 0.4) is 0 Å². The summed E-state index contributed by atoms with van der Waals surface area (Å²) in [6.45, 7) is 10.1. The van der Waals surface area contributed by atoms with Gasteiger partial charge in [0.15, 0.2) is 0 Å². The fraction of sp³-hybridized carbons (Fsp3) is 1.00. The lowest BCUT2D eigenvalue weighted by Crippen LogP contribution is -2.25. The van der Waals surface area contributed by atoms with Crippen LogP contribution in [0.4, 0.5) is 0 Å². The Hall–Kier alpha value is 0.137. The van der Waals surface area contributed by atoms with Crippen molar-refractivity contribution >= 4 is 9.28 Å². The molecule has 0 atom stereocenters. The molecule has 0 saturated heterocycles. The highest BCUT2D eigenvalue weighted by Crippen LogP contribution is 1.98. The lowest BCUT2D eigenvalue weighted by Gasteiger charge is -2.15. The predicted molar refractivity (Wildman–Crippen MR) is 44.1 cm³/mol. The van der Waals surface area contributed by atoms with Crippen LogP contribution in [0.15, 0.2) is 0 Å². The molecule has 1 radical (unpaired) electrons. The quantitative estimate of drug-likeness (QED) is 0.587. The highest BCUT2D eigenvalue weighted by Gasteiger charge is 2.11. The second-order valence-electron chi connectivity index (χ2n) is 2.82. The third kappa shape index (κ3) is 6.26. The molecule has 61 valence electrons. The Morgan fingerprint density at radius 3 is 1.40 bits per heavy atom. The van der Waals surface area contributed by atoms with Gasteiger partial charge in [0.1, 0.15) is 0 Å². The van der Waals surface area contributed by atoms with Gasteiger partial charge in [-0.15, -0.1) is 0 Å². The molecule has 3 heteroatoms. The molecular weight excluding hydrogens is 144 g/mol. The Morgan fingerprint density at radius 1 is 0.900 bits per heavy atom. The van der Waals surface area contributed by atoms with Crippen molar-refractivity contribution in [3.8, 4) is 0 Å². The lowest BCUT2D eigenvalue weighted by molar-refractivity contribution is 0.134. The third-order valence-corrected chi connectivity index (χ3v) is 2.41. The third-order valence-electron chi connectivity index (χ3n) is 0.803. The van der Waals surface area contributed by atoms with Gasteiger partial charge in [0.2, 0.25) is 0 Å². The van der Waals surface area contributed by atoms with Crippen LogP contribution in [-0.2, 0) is 8.85 Å². The molecule has 0 aromatic heterocycles. The van der Waals surface area contributed by atoms with Crippen LogP contribution in [0.25, 0.3) is 0 Å². The van der Waals surface area contributed by atoms with Crippen LogP contribution in [0.2, 0.25) is 6.55 Å². The standard InChI is InChI=1S/C7H17O2Si/c1-6(2)8-10(5)9-7(3)4/h6-7H,1-5H3. The monoisotopic (exact) mass is 161 g/mol. The maximum Gasteiger partial charge on any atom is 0.381 e. The number of hydrogen-bond acceptors (Lipinski definition) is 2. The summed E-state index contributed by atoms with van der Waals surface area (Å²) in [7, 11) is -0.989. The van der Waals surface area contributed by atoms with Gasteiger partial charge in [-0.3, -0.25) is 0 Å². The van der Waals surface area contributed by atoms with Crippen LogP contribution < -0.4 is 0 Å². The van der Waals surface area contributed by atoms with E-state index in [1.807, 2.05) is 34.2 Å². The Balaban J connectivity index is 3.34. The summed E-state index contributed by atoms with van der Waals surface area (Å²) in [5.74, 6) is 0. The van der Waals surface area contributed by atoms with E-state index >= 15 is 0 Å².